The summed E-state index contributed by atoms with van der Waals surface area (Å²) >= 11 is 0. The number of aryl methyl sites for hydroxylation is 1. The number of anilines is 1. The van der Waals surface area contributed by atoms with Gasteiger partial charge >= 0.3 is 0 Å². The van der Waals surface area contributed by atoms with Gasteiger partial charge in [0.1, 0.15) is 5.82 Å². The maximum Gasteiger partial charge on any atom is 0.227 e. The molecule has 0 aliphatic carbocycles. The number of carbonyl (C=O) groups excluding carboxylic acids is 1. The summed E-state index contributed by atoms with van der Waals surface area (Å²) in [5.74, 6) is -1.20. The Labute approximate surface area is 165 Å². The molecule has 1 heterocycles. The summed E-state index contributed by atoms with van der Waals surface area (Å²) < 4.78 is 40.4. The molecule has 7 heteroatoms. The molecule has 0 bridgehead atoms. The minimum atomic E-state index is -3.62. The second-order valence-corrected chi connectivity index (χ2v) is 9.23. The third-order valence-electron chi connectivity index (χ3n) is 5.38. The summed E-state index contributed by atoms with van der Waals surface area (Å²) in [5, 5.41) is 2.97. The lowest BCUT2D eigenvalue weighted by Gasteiger charge is -2.30. The molecule has 2 aromatic carbocycles. The normalized spacial score (nSPS) is 16.1. The Morgan fingerprint density at radius 2 is 1.79 bits per heavy atom. The molecule has 0 aromatic heterocycles. The number of benzene rings is 2. The number of hydrogen-bond acceptors (Lipinski definition) is 3. The average Bonchev–Trinajstić information content (AvgIpc) is 2.67. The van der Waals surface area contributed by atoms with Gasteiger partial charge in [-0.05, 0) is 49.9 Å². The lowest BCUT2D eigenvalue weighted by molar-refractivity contribution is -0.120. The quantitative estimate of drug-likeness (QED) is 0.828. The fourth-order valence-electron chi connectivity index (χ4n) is 3.42. The number of hydrogen-bond donors (Lipinski definition) is 1. The summed E-state index contributed by atoms with van der Waals surface area (Å²) in [5.41, 5.74) is 3.09. The van der Waals surface area contributed by atoms with E-state index < -0.39 is 15.8 Å². The van der Waals surface area contributed by atoms with Crippen molar-refractivity contribution in [2.45, 2.75) is 32.4 Å². The van der Waals surface area contributed by atoms with E-state index in [1.807, 2.05) is 32.0 Å². The van der Waals surface area contributed by atoms with Crippen molar-refractivity contribution in [2.24, 2.45) is 5.92 Å². The Morgan fingerprint density at radius 1 is 1.11 bits per heavy atom. The van der Waals surface area contributed by atoms with Crippen LogP contribution < -0.4 is 5.32 Å². The van der Waals surface area contributed by atoms with Crippen LogP contribution in [0.4, 0.5) is 10.1 Å². The van der Waals surface area contributed by atoms with Gasteiger partial charge in [-0.15, -0.1) is 0 Å². The first-order valence-corrected chi connectivity index (χ1v) is 11.0. The van der Waals surface area contributed by atoms with E-state index in [2.05, 4.69) is 5.32 Å². The zero-order chi connectivity index (χ0) is 20.3. The predicted molar refractivity (Wildman–Crippen MR) is 108 cm³/mol. The Bertz CT molecular complexity index is 967. The molecule has 3 rings (SSSR count). The van der Waals surface area contributed by atoms with Crippen molar-refractivity contribution in [1.82, 2.24) is 4.31 Å². The molecule has 150 valence electrons. The van der Waals surface area contributed by atoms with Crippen LogP contribution in [0.1, 0.15) is 29.5 Å². The van der Waals surface area contributed by atoms with Crippen molar-refractivity contribution >= 4 is 21.6 Å². The molecule has 1 aliphatic heterocycles. The van der Waals surface area contributed by atoms with Gasteiger partial charge in [-0.3, -0.25) is 4.79 Å². The third kappa shape index (κ3) is 4.59. The first-order valence-electron chi connectivity index (χ1n) is 9.36. The van der Waals surface area contributed by atoms with Gasteiger partial charge in [0.05, 0.1) is 5.75 Å². The molecule has 1 aliphatic rings. The lowest BCUT2D eigenvalue weighted by atomic mass is 9.97. The largest absolute Gasteiger partial charge is 0.326 e. The van der Waals surface area contributed by atoms with Crippen LogP contribution in [0.3, 0.4) is 0 Å². The van der Waals surface area contributed by atoms with Gasteiger partial charge in [0.15, 0.2) is 0 Å². The first-order chi connectivity index (χ1) is 13.3. The summed E-state index contributed by atoms with van der Waals surface area (Å²) in [7, 11) is -3.62. The molecular weight excluding hydrogens is 379 g/mol. The second-order valence-electron chi connectivity index (χ2n) is 7.26. The average molecular weight is 405 g/mol. The van der Waals surface area contributed by atoms with E-state index >= 15 is 0 Å². The van der Waals surface area contributed by atoms with Crippen LogP contribution in [0.25, 0.3) is 0 Å². The maximum atomic E-state index is 13.8. The Balaban J connectivity index is 1.60. The van der Waals surface area contributed by atoms with E-state index in [1.165, 1.54) is 22.5 Å². The number of carbonyl (C=O) groups is 1. The molecule has 1 saturated heterocycles. The van der Waals surface area contributed by atoms with Crippen LogP contribution in [0.5, 0.6) is 0 Å². The summed E-state index contributed by atoms with van der Waals surface area (Å²) in [6.07, 6.45) is 0.903. The maximum absolute atomic E-state index is 13.8. The summed E-state index contributed by atoms with van der Waals surface area (Å²) in [6, 6.07) is 11.7. The van der Waals surface area contributed by atoms with Crippen LogP contribution in [0.15, 0.2) is 42.5 Å². The SMILES string of the molecule is Cc1cccc(NC(=O)C2CCN(S(=O)(=O)Cc3ccccc3F)CC2)c1C. The van der Waals surface area contributed by atoms with E-state index in [1.54, 1.807) is 6.07 Å². The van der Waals surface area contributed by atoms with Crippen molar-refractivity contribution < 1.29 is 17.6 Å². The first kappa shape index (κ1) is 20.5. The van der Waals surface area contributed by atoms with Crippen molar-refractivity contribution in [3.63, 3.8) is 0 Å². The molecule has 5 nitrogen and oxygen atoms in total. The van der Waals surface area contributed by atoms with Crippen LogP contribution in [-0.4, -0.2) is 31.7 Å². The van der Waals surface area contributed by atoms with Crippen molar-refractivity contribution in [1.29, 1.82) is 0 Å². The zero-order valence-electron chi connectivity index (χ0n) is 16.1. The number of nitrogens with one attached hydrogen (secondary N) is 1. The Hall–Kier alpha value is -2.25. The number of amides is 1. The fourth-order valence-corrected chi connectivity index (χ4v) is 5.00. The van der Waals surface area contributed by atoms with E-state index in [9.17, 15) is 17.6 Å². The van der Waals surface area contributed by atoms with Crippen LogP contribution in [0.2, 0.25) is 0 Å². The molecule has 1 fully saturated rings. The molecule has 1 amide bonds. The molecule has 0 radical (unpaired) electrons. The smallest absolute Gasteiger partial charge is 0.227 e. The molecule has 0 saturated carbocycles. The topological polar surface area (TPSA) is 66.5 Å². The highest BCUT2D eigenvalue weighted by Crippen LogP contribution is 2.25. The van der Waals surface area contributed by atoms with E-state index in [0.29, 0.717) is 12.8 Å². The molecule has 2 aromatic rings. The van der Waals surface area contributed by atoms with Crippen LogP contribution in [0, 0.1) is 25.6 Å². The number of nitrogens with zero attached hydrogens (tertiary/aromatic N) is 1. The highest BCUT2D eigenvalue weighted by atomic mass is 32.2. The number of piperidine rings is 1. The minimum absolute atomic E-state index is 0.0835. The van der Waals surface area contributed by atoms with Gasteiger partial charge in [-0.25, -0.2) is 17.1 Å². The van der Waals surface area contributed by atoms with Crippen molar-refractivity contribution in [3.8, 4) is 0 Å². The highest BCUT2D eigenvalue weighted by molar-refractivity contribution is 7.88. The molecule has 0 atom stereocenters. The Morgan fingerprint density at radius 3 is 2.46 bits per heavy atom. The minimum Gasteiger partial charge on any atom is -0.326 e. The zero-order valence-corrected chi connectivity index (χ0v) is 16.9. The van der Waals surface area contributed by atoms with E-state index in [0.717, 1.165) is 16.8 Å². The lowest BCUT2D eigenvalue weighted by Crippen LogP contribution is -2.42. The van der Waals surface area contributed by atoms with Gasteiger partial charge in [0, 0.05) is 30.3 Å². The van der Waals surface area contributed by atoms with Crippen LogP contribution in [-0.2, 0) is 20.6 Å². The van der Waals surface area contributed by atoms with Gasteiger partial charge in [0.2, 0.25) is 15.9 Å². The van der Waals surface area contributed by atoms with E-state index in [-0.39, 0.29) is 36.2 Å². The summed E-state index contributed by atoms with van der Waals surface area (Å²) in [4.78, 5) is 12.6. The van der Waals surface area contributed by atoms with Crippen molar-refractivity contribution in [2.75, 3.05) is 18.4 Å². The number of sulfonamides is 1. The second kappa shape index (κ2) is 8.41. The highest BCUT2D eigenvalue weighted by Gasteiger charge is 2.31. The van der Waals surface area contributed by atoms with Crippen molar-refractivity contribution in [3.05, 3.63) is 65.0 Å². The number of rotatable bonds is 5. The van der Waals surface area contributed by atoms with Crippen LogP contribution >= 0.6 is 0 Å². The fraction of sp³-hybridized carbons (Fsp3) is 0.381. The molecule has 28 heavy (non-hydrogen) atoms. The summed E-state index contributed by atoms with van der Waals surface area (Å²) in [6.45, 7) is 4.48. The number of halogens is 1. The van der Waals surface area contributed by atoms with Gasteiger partial charge in [-0.2, -0.15) is 0 Å². The standard InChI is InChI=1S/C21H25FN2O3S/c1-15-6-5-9-20(16(15)2)23-21(25)17-10-12-24(13-11-17)28(26,27)14-18-7-3-4-8-19(18)22/h3-9,17H,10-14H2,1-2H3,(H,23,25). The molecule has 1 N–H and O–H groups in total. The third-order valence-corrected chi connectivity index (χ3v) is 7.20. The van der Waals surface area contributed by atoms with Gasteiger partial charge in [0.25, 0.3) is 0 Å². The monoisotopic (exact) mass is 404 g/mol. The predicted octanol–water partition coefficient (Wildman–Crippen LogP) is 3.62. The molecule has 0 unspecified atom stereocenters. The molecule has 0 spiro atoms. The molecular formula is C21H25FN2O3S. The van der Waals surface area contributed by atoms with Gasteiger partial charge < -0.3 is 5.32 Å². The van der Waals surface area contributed by atoms with E-state index in [4.69, 9.17) is 0 Å². The Kier molecular flexibility index (Phi) is 6.15. The van der Waals surface area contributed by atoms with Gasteiger partial charge in [-0.1, -0.05) is 30.3 Å².